The van der Waals surface area contributed by atoms with E-state index >= 15 is 0 Å². The summed E-state index contributed by atoms with van der Waals surface area (Å²) in [4.78, 5) is 18.2. The zero-order valence-corrected chi connectivity index (χ0v) is 12.1. The fourth-order valence-corrected chi connectivity index (χ4v) is 3.13. The number of nitrogens with zero attached hydrogens (tertiary/aromatic N) is 4. The average molecular weight is 326 g/mol. The second kappa shape index (κ2) is 5.32. The van der Waals surface area contributed by atoms with Crippen LogP contribution in [0, 0.1) is 0 Å². The molecule has 3 rings (SSSR count). The van der Waals surface area contributed by atoms with E-state index in [9.17, 15) is 4.79 Å². The van der Waals surface area contributed by atoms with E-state index in [1.54, 1.807) is 6.33 Å². The summed E-state index contributed by atoms with van der Waals surface area (Å²) in [6, 6.07) is 2.43. The molecule has 6 nitrogen and oxygen atoms in total. The van der Waals surface area contributed by atoms with Crippen LogP contribution >= 0.6 is 15.9 Å². The Bertz CT molecular complexity index is 616. The normalized spacial score (nSPS) is 16.3. The summed E-state index contributed by atoms with van der Waals surface area (Å²) in [6.07, 6.45) is 6.55. The lowest BCUT2D eigenvalue weighted by Crippen LogP contribution is -2.35. The van der Waals surface area contributed by atoms with E-state index in [-0.39, 0.29) is 5.69 Å². The molecule has 19 heavy (non-hydrogen) atoms. The van der Waals surface area contributed by atoms with Gasteiger partial charge in [0.2, 0.25) is 0 Å². The minimum atomic E-state index is -0.248. The zero-order valence-electron chi connectivity index (χ0n) is 10.5. The minimum Gasteiger partial charge on any atom is -0.353 e. The molecule has 2 aromatic rings. The fraction of sp³-hybridized carbons (Fsp3) is 0.583. The lowest BCUT2D eigenvalue weighted by molar-refractivity contribution is 0.615. The molecule has 1 aliphatic rings. The van der Waals surface area contributed by atoms with E-state index in [2.05, 4.69) is 36.0 Å². The number of aromatic amines is 1. The smallest absolute Gasteiger partial charge is 0.348 e. The van der Waals surface area contributed by atoms with Gasteiger partial charge in [-0.25, -0.2) is 19.3 Å². The summed E-state index contributed by atoms with van der Waals surface area (Å²) in [6.45, 7) is 0.919. The van der Waals surface area contributed by atoms with Gasteiger partial charge in [0.25, 0.3) is 0 Å². The van der Waals surface area contributed by atoms with Crippen LogP contribution in [0.4, 0.5) is 5.82 Å². The summed E-state index contributed by atoms with van der Waals surface area (Å²) < 4.78 is 1.42. The summed E-state index contributed by atoms with van der Waals surface area (Å²) >= 11 is 3.50. The Balaban J connectivity index is 1.96. The van der Waals surface area contributed by atoms with Gasteiger partial charge in [0.15, 0.2) is 5.65 Å². The predicted octanol–water partition coefficient (Wildman–Crippen LogP) is 1.56. The molecule has 1 saturated carbocycles. The maximum absolute atomic E-state index is 11.4. The molecular formula is C12H16BrN5O. The first-order chi connectivity index (χ1) is 9.29. The lowest BCUT2D eigenvalue weighted by Gasteiger charge is -2.29. The van der Waals surface area contributed by atoms with Crippen molar-refractivity contribution in [2.45, 2.75) is 31.7 Å². The molecule has 1 fully saturated rings. The molecule has 2 heterocycles. The molecule has 0 aliphatic heterocycles. The fourth-order valence-electron chi connectivity index (χ4n) is 2.75. The molecule has 0 amide bonds. The van der Waals surface area contributed by atoms with E-state index < -0.39 is 0 Å². The first-order valence-corrected chi connectivity index (χ1v) is 7.67. The molecule has 0 aromatic carbocycles. The van der Waals surface area contributed by atoms with Crippen LogP contribution in [0.5, 0.6) is 0 Å². The van der Waals surface area contributed by atoms with Gasteiger partial charge < -0.3 is 4.90 Å². The number of anilines is 1. The van der Waals surface area contributed by atoms with Crippen molar-refractivity contribution in [3.63, 3.8) is 0 Å². The van der Waals surface area contributed by atoms with E-state index in [4.69, 9.17) is 0 Å². The van der Waals surface area contributed by atoms with Crippen molar-refractivity contribution >= 4 is 27.4 Å². The average Bonchev–Trinajstić information content (AvgIpc) is 3.06. The molecule has 2 aromatic heterocycles. The van der Waals surface area contributed by atoms with Crippen molar-refractivity contribution in [2.24, 2.45) is 0 Å². The lowest BCUT2D eigenvalue weighted by atomic mass is 10.2. The largest absolute Gasteiger partial charge is 0.353 e. The van der Waals surface area contributed by atoms with Crippen molar-refractivity contribution in [1.82, 2.24) is 19.6 Å². The highest BCUT2D eigenvalue weighted by atomic mass is 79.9. The Kier molecular flexibility index (Phi) is 3.54. The highest BCUT2D eigenvalue weighted by molar-refractivity contribution is 9.09. The summed E-state index contributed by atoms with van der Waals surface area (Å²) in [5, 5.41) is 7.34. The van der Waals surface area contributed by atoms with Crippen molar-refractivity contribution in [3.8, 4) is 0 Å². The van der Waals surface area contributed by atoms with Gasteiger partial charge in [-0.2, -0.15) is 5.10 Å². The predicted molar refractivity (Wildman–Crippen MR) is 77.0 cm³/mol. The van der Waals surface area contributed by atoms with Gasteiger partial charge >= 0.3 is 5.69 Å². The Morgan fingerprint density at radius 1 is 1.47 bits per heavy atom. The zero-order chi connectivity index (χ0) is 13.2. The summed E-state index contributed by atoms with van der Waals surface area (Å²) in [5.74, 6) is 0.901. The van der Waals surface area contributed by atoms with Gasteiger partial charge in [0.1, 0.15) is 12.1 Å². The number of alkyl halides is 1. The first kappa shape index (κ1) is 12.7. The van der Waals surface area contributed by atoms with Gasteiger partial charge in [0, 0.05) is 24.0 Å². The Morgan fingerprint density at radius 3 is 3.00 bits per heavy atom. The number of fused-ring (bicyclic) bond motifs is 1. The van der Waals surface area contributed by atoms with Crippen LogP contribution in [0.15, 0.2) is 17.2 Å². The van der Waals surface area contributed by atoms with Gasteiger partial charge in [-0.15, -0.1) is 0 Å². The second-order valence-electron chi connectivity index (χ2n) is 4.82. The number of hydrogen-bond acceptors (Lipinski definition) is 4. The SMILES string of the molecule is O=c1[nH]nc2cc(N(CCBr)C3CCCC3)ncn12. The van der Waals surface area contributed by atoms with Gasteiger partial charge in [-0.1, -0.05) is 28.8 Å². The number of aromatic nitrogens is 4. The van der Waals surface area contributed by atoms with Crippen LogP contribution < -0.4 is 10.6 Å². The number of halogens is 1. The highest BCUT2D eigenvalue weighted by Gasteiger charge is 2.23. The molecule has 102 valence electrons. The monoisotopic (exact) mass is 325 g/mol. The highest BCUT2D eigenvalue weighted by Crippen LogP contribution is 2.27. The number of rotatable bonds is 4. The molecule has 0 bridgehead atoms. The molecular weight excluding hydrogens is 310 g/mol. The van der Waals surface area contributed by atoms with Crippen LogP contribution in [-0.4, -0.2) is 37.5 Å². The third kappa shape index (κ3) is 2.39. The van der Waals surface area contributed by atoms with Crippen LogP contribution in [-0.2, 0) is 0 Å². The minimum absolute atomic E-state index is 0.248. The van der Waals surface area contributed by atoms with Gasteiger partial charge in [-0.3, -0.25) is 0 Å². The molecule has 1 aliphatic carbocycles. The molecule has 1 N–H and O–H groups in total. The number of hydrogen-bond donors (Lipinski definition) is 1. The first-order valence-electron chi connectivity index (χ1n) is 6.55. The maximum Gasteiger partial charge on any atom is 0.348 e. The van der Waals surface area contributed by atoms with Crippen molar-refractivity contribution in [1.29, 1.82) is 0 Å². The molecule has 7 heteroatoms. The van der Waals surface area contributed by atoms with Crippen molar-refractivity contribution < 1.29 is 0 Å². The second-order valence-corrected chi connectivity index (χ2v) is 5.62. The number of H-pyrrole nitrogens is 1. The molecule has 0 spiro atoms. The van der Waals surface area contributed by atoms with E-state index in [1.165, 1.54) is 30.1 Å². The van der Waals surface area contributed by atoms with Crippen LogP contribution in [0.1, 0.15) is 25.7 Å². The molecule has 0 unspecified atom stereocenters. The quantitative estimate of drug-likeness (QED) is 0.866. The third-order valence-electron chi connectivity index (χ3n) is 3.68. The van der Waals surface area contributed by atoms with E-state index in [1.807, 2.05) is 6.07 Å². The summed E-state index contributed by atoms with van der Waals surface area (Å²) in [5.41, 5.74) is 0.370. The van der Waals surface area contributed by atoms with Gasteiger partial charge in [0.05, 0.1) is 0 Å². The topological polar surface area (TPSA) is 66.3 Å². The van der Waals surface area contributed by atoms with Crippen molar-refractivity contribution in [2.75, 3.05) is 16.8 Å². The summed E-state index contributed by atoms with van der Waals surface area (Å²) in [7, 11) is 0. The Labute approximate surface area is 119 Å². The van der Waals surface area contributed by atoms with E-state index in [0.29, 0.717) is 11.7 Å². The standard InChI is InChI=1S/C12H16BrN5O/c13-5-6-17(9-3-1-2-4-9)10-7-11-15-16-12(19)18(11)8-14-10/h7-9H,1-6H2,(H,16,19). The van der Waals surface area contributed by atoms with Crippen molar-refractivity contribution in [3.05, 3.63) is 22.9 Å². The third-order valence-corrected chi connectivity index (χ3v) is 4.04. The van der Waals surface area contributed by atoms with Crippen LogP contribution in [0.25, 0.3) is 5.65 Å². The molecule has 0 atom stereocenters. The Hall–Kier alpha value is -1.37. The number of nitrogens with one attached hydrogen (secondary N) is 1. The van der Waals surface area contributed by atoms with Gasteiger partial charge in [-0.05, 0) is 12.8 Å². The maximum atomic E-state index is 11.4. The van der Waals surface area contributed by atoms with E-state index in [0.717, 1.165) is 17.7 Å². The van der Waals surface area contributed by atoms with Crippen LogP contribution in [0.2, 0.25) is 0 Å². The van der Waals surface area contributed by atoms with Crippen LogP contribution in [0.3, 0.4) is 0 Å². The Morgan fingerprint density at radius 2 is 2.26 bits per heavy atom. The molecule has 0 radical (unpaired) electrons. The molecule has 0 saturated heterocycles.